The zero-order valence-electron chi connectivity index (χ0n) is 25.5. The summed E-state index contributed by atoms with van der Waals surface area (Å²) >= 11 is 0. The highest BCUT2D eigenvalue weighted by molar-refractivity contribution is 5.98. The van der Waals surface area contributed by atoms with Crippen molar-refractivity contribution < 1.29 is 24.5 Å². The van der Waals surface area contributed by atoms with Gasteiger partial charge in [0.15, 0.2) is 0 Å². The minimum Gasteiger partial charge on any atom is -0.508 e. The van der Waals surface area contributed by atoms with E-state index < -0.39 is 5.60 Å². The van der Waals surface area contributed by atoms with Gasteiger partial charge < -0.3 is 24.6 Å². The molecule has 0 spiro atoms. The molecule has 0 radical (unpaired) electrons. The van der Waals surface area contributed by atoms with Gasteiger partial charge in [0.1, 0.15) is 23.7 Å². The molecule has 228 valence electrons. The third-order valence-electron chi connectivity index (χ3n) is 8.20. The minimum absolute atomic E-state index is 0.118. The molecule has 0 aliphatic carbocycles. The lowest BCUT2D eigenvalue weighted by Gasteiger charge is -2.26. The van der Waals surface area contributed by atoms with Gasteiger partial charge in [-0.15, -0.1) is 0 Å². The first kappa shape index (κ1) is 30.6. The van der Waals surface area contributed by atoms with Crippen LogP contribution in [0, 0.1) is 11.8 Å². The van der Waals surface area contributed by atoms with Crippen LogP contribution in [-0.4, -0.2) is 77.6 Å². The molecule has 3 aromatic rings. The number of benzene rings is 3. The van der Waals surface area contributed by atoms with Crippen LogP contribution in [0.5, 0.6) is 11.5 Å². The van der Waals surface area contributed by atoms with Crippen molar-refractivity contribution in [2.24, 2.45) is 11.8 Å². The van der Waals surface area contributed by atoms with Crippen LogP contribution in [0.4, 0.5) is 4.79 Å². The molecule has 3 aromatic carbocycles. The van der Waals surface area contributed by atoms with Crippen LogP contribution in [-0.2, 0) is 4.74 Å². The quantitative estimate of drug-likeness (QED) is 0.272. The highest BCUT2D eigenvalue weighted by atomic mass is 16.6. The Kier molecular flexibility index (Phi) is 9.73. The zero-order valence-corrected chi connectivity index (χ0v) is 25.5. The third-order valence-corrected chi connectivity index (χ3v) is 8.20. The Bertz CT molecular complexity index is 1370. The van der Waals surface area contributed by atoms with E-state index in [0.717, 1.165) is 72.7 Å². The average Bonchev–Trinajstić information content (AvgIpc) is 3.56. The molecule has 0 bridgehead atoms. The van der Waals surface area contributed by atoms with E-state index in [0.29, 0.717) is 24.9 Å². The summed E-state index contributed by atoms with van der Waals surface area (Å²) in [5, 5.41) is 19.6. The van der Waals surface area contributed by atoms with Crippen LogP contribution in [0.3, 0.4) is 0 Å². The topological polar surface area (TPSA) is 82.5 Å². The van der Waals surface area contributed by atoms with Gasteiger partial charge in [-0.25, -0.2) is 4.79 Å². The lowest BCUT2D eigenvalue weighted by atomic mass is 9.87. The monoisotopic (exact) mass is 584 g/mol. The normalized spacial score (nSPS) is 19.2. The molecule has 7 nitrogen and oxygen atoms in total. The Morgan fingerprint density at radius 1 is 0.837 bits per heavy atom. The molecular formula is C36H44N2O5. The van der Waals surface area contributed by atoms with Crippen molar-refractivity contribution in [2.45, 2.75) is 39.2 Å². The molecule has 7 heteroatoms. The molecular weight excluding hydrogens is 540 g/mol. The number of phenolic OH excluding ortho intramolecular Hbond substituents is 1. The van der Waals surface area contributed by atoms with E-state index in [4.69, 9.17) is 9.47 Å². The number of rotatable bonds is 10. The van der Waals surface area contributed by atoms with Gasteiger partial charge in [0.25, 0.3) is 0 Å². The van der Waals surface area contributed by atoms with Crippen molar-refractivity contribution >= 4 is 17.2 Å². The molecule has 2 atom stereocenters. The average molecular weight is 585 g/mol. The number of phenols is 1. The first-order chi connectivity index (χ1) is 20.7. The summed E-state index contributed by atoms with van der Waals surface area (Å²) in [5.41, 5.74) is 4.94. The molecule has 2 aliphatic rings. The molecule has 5 rings (SSSR count). The van der Waals surface area contributed by atoms with Crippen LogP contribution in [0.1, 0.15) is 50.3 Å². The SMILES string of the molecule is CC(C)(C)OC(=O)N1CC2CN(CCOc3ccc(/C(=C(/CCCO)c4ccccc4)c4ccc(O)cc4)cc3)C[C@H]2C1. The maximum Gasteiger partial charge on any atom is 0.410 e. The Morgan fingerprint density at radius 2 is 1.44 bits per heavy atom. The maximum absolute atomic E-state index is 12.5. The summed E-state index contributed by atoms with van der Waals surface area (Å²) < 4.78 is 11.7. The van der Waals surface area contributed by atoms with Gasteiger partial charge in [0, 0.05) is 39.3 Å². The molecule has 43 heavy (non-hydrogen) atoms. The maximum atomic E-state index is 12.5. The van der Waals surface area contributed by atoms with E-state index in [9.17, 15) is 15.0 Å². The smallest absolute Gasteiger partial charge is 0.410 e. The summed E-state index contributed by atoms with van der Waals surface area (Å²) in [6, 6.07) is 25.8. The number of carbonyl (C=O) groups is 1. The standard InChI is InChI=1S/C36H44N2O5/c1-36(2,3)43-35(41)38-24-29-22-37(23-30(29)25-38)19-21-42-32-17-13-28(14-18-32)34(27-11-15-31(40)16-12-27)33(10-7-20-39)26-8-5-4-6-9-26/h4-6,8-9,11-18,29-30,39-40H,7,10,19-25H2,1-3H3/b34-33-/t29-,30?/m0/s1. The summed E-state index contributed by atoms with van der Waals surface area (Å²) in [6.45, 7) is 10.8. The number of aliphatic hydroxyl groups is 1. The number of fused-ring (bicyclic) bond motifs is 1. The van der Waals surface area contributed by atoms with Gasteiger partial charge in [-0.3, -0.25) is 4.90 Å². The Morgan fingerprint density at radius 3 is 2.02 bits per heavy atom. The van der Waals surface area contributed by atoms with Crippen molar-refractivity contribution in [3.05, 3.63) is 95.6 Å². The van der Waals surface area contributed by atoms with Crippen LogP contribution in [0.2, 0.25) is 0 Å². The molecule has 2 saturated heterocycles. The highest BCUT2D eigenvalue weighted by Gasteiger charge is 2.42. The molecule has 2 heterocycles. The van der Waals surface area contributed by atoms with Crippen LogP contribution in [0.15, 0.2) is 78.9 Å². The Balaban J connectivity index is 1.23. The number of likely N-dealkylation sites (tertiary alicyclic amines) is 2. The number of carbonyl (C=O) groups excluding carboxylic acids is 1. The second-order valence-electron chi connectivity index (χ2n) is 12.6. The Labute approximate surface area is 255 Å². The Hall–Kier alpha value is -3.81. The molecule has 1 unspecified atom stereocenters. The number of aromatic hydroxyl groups is 1. The van der Waals surface area contributed by atoms with Gasteiger partial charge in [-0.05, 0) is 97.6 Å². The van der Waals surface area contributed by atoms with E-state index in [1.54, 1.807) is 12.1 Å². The van der Waals surface area contributed by atoms with Gasteiger partial charge in [0.2, 0.25) is 0 Å². The first-order valence-electron chi connectivity index (χ1n) is 15.3. The fraction of sp³-hybridized carbons (Fsp3) is 0.417. The van der Waals surface area contributed by atoms with Crippen LogP contribution in [0.25, 0.3) is 11.1 Å². The molecule has 2 aliphatic heterocycles. The first-order valence-corrected chi connectivity index (χ1v) is 15.3. The zero-order chi connectivity index (χ0) is 30.4. The van der Waals surface area contributed by atoms with E-state index in [1.165, 1.54) is 0 Å². The molecule has 2 N–H and O–H groups in total. The third kappa shape index (κ3) is 7.98. The molecule has 0 aromatic heterocycles. The van der Waals surface area contributed by atoms with Gasteiger partial charge >= 0.3 is 6.09 Å². The largest absolute Gasteiger partial charge is 0.508 e. The van der Waals surface area contributed by atoms with E-state index in [-0.39, 0.29) is 18.4 Å². The van der Waals surface area contributed by atoms with Crippen LogP contribution < -0.4 is 4.74 Å². The predicted octanol–water partition coefficient (Wildman–Crippen LogP) is 6.30. The van der Waals surface area contributed by atoms with Crippen molar-refractivity contribution in [3.8, 4) is 11.5 Å². The van der Waals surface area contributed by atoms with Crippen molar-refractivity contribution in [2.75, 3.05) is 45.9 Å². The van der Waals surface area contributed by atoms with Gasteiger partial charge in [-0.2, -0.15) is 0 Å². The number of allylic oxidation sites excluding steroid dienone is 1. The number of aliphatic hydroxyl groups excluding tert-OH is 1. The number of amides is 1. The van der Waals surface area contributed by atoms with E-state index in [2.05, 4.69) is 29.2 Å². The molecule has 2 fully saturated rings. The number of hydrogen-bond acceptors (Lipinski definition) is 6. The lowest BCUT2D eigenvalue weighted by molar-refractivity contribution is 0.0273. The number of ether oxygens (including phenoxy) is 2. The summed E-state index contributed by atoms with van der Waals surface area (Å²) in [7, 11) is 0. The van der Waals surface area contributed by atoms with E-state index >= 15 is 0 Å². The number of hydrogen-bond donors (Lipinski definition) is 2. The summed E-state index contributed by atoms with van der Waals surface area (Å²) in [5.74, 6) is 2.02. The predicted molar refractivity (Wildman–Crippen MR) is 170 cm³/mol. The highest BCUT2D eigenvalue weighted by Crippen LogP contribution is 2.36. The second kappa shape index (κ2) is 13.7. The lowest BCUT2D eigenvalue weighted by Crippen LogP contribution is -2.38. The van der Waals surface area contributed by atoms with Gasteiger partial charge in [0.05, 0.1) is 0 Å². The molecule has 1 amide bonds. The number of nitrogens with zero attached hydrogens (tertiary/aromatic N) is 2. The summed E-state index contributed by atoms with van der Waals surface area (Å²) in [4.78, 5) is 16.8. The minimum atomic E-state index is -0.468. The van der Waals surface area contributed by atoms with Gasteiger partial charge in [-0.1, -0.05) is 54.6 Å². The fourth-order valence-corrected chi connectivity index (χ4v) is 6.21. The summed E-state index contributed by atoms with van der Waals surface area (Å²) in [6.07, 6.45) is 1.18. The van der Waals surface area contributed by atoms with Crippen molar-refractivity contribution in [1.82, 2.24) is 9.80 Å². The fourth-order valence-electron chi connectivity index (χ4n) is 6.21. The van der Waals surface area contributed by atoms with E-state index in [1.807, 2.05) is 68.1 Å². The van der Waals surface area contributed by atoms with Crippen molar-refractivity contribution in [3.63, 3.8) is 0 Å². The van der Waals surface area contributed by atoms with Crippen molar-refractivity contribution in [1.29, 1.82) is 0 Å². The van der Waals surface area contributed by atoms with Crippen LogP contribution >= 0.6 is 0 Å². The molecule has 0 saturated carbocycles. The second-order valence-corrected chi connectivity index (χ2v) is 12.6.